The van der Waals surface area contributed by atoms with Crippen molar-refractivity contribution >= 4 is 16.8 Å². The van der Waals surface area contributed by atoms with Gasteiger partial charge < -0.3 is 25.2 Å². The van der Waals surface area contributed by atoms with Gasteiger partial charge in [0.15, 0.2) is 6.29 Å². The molecule has 0 aromatic heterocycles. The number of nitrogens with zero attached hydrogens (tertiary/aromatic N) is 1. The van der Waals surface area contributed by atoms with Gasteiger partial charge in [0.05, 0.1) is 18.8 Å². The molecule has 5 fully saturated rings. The highest BCUT2D eigenvalue weighted by Crippen LogP contribution is 2.55. The fourth-order valence-corrected chi connectivity index (χ4v) is 10.7. The average Bonchev–Trinajstić information content (AvgIpc) is 3.22. The van der Waals surface area contributed by atoms with Gasteiger partial charge in [0.25, 0.3) is 0 Å². The fraction of sp³-hybridized carbons (Fsp3) is 0.408. The van der Waals surface area contributed by atoms with Crippen LogP contribution >= 0.6 is 0 Å². The lowest BCUT2D eigenvalue weighted by atomic mass is 9.53. The number of rotatable bonds is 11. The quantitative estimate of drug-likeness (QED) is 0.125. The van der Waals surface area contributed by atoms with Crippen LogP contribution in [0.2, 0.25) is 0 Å². The molecule has 4 unspecified atom stereocenters. The van der Waals surface area contributed by atoms with E-state index in [4.69, 9.17) is 9.47 Å². The summed E-state index contributed by atoms with van der Waals surface area (Å²) in [4.78, 5) is 15.7. The number of fused-ring (bicyclic) bond motifs is 1. The van der Waals surface area contributed by atoms with Crippen molar-refractivity contribution in [1.82, 2.24) is 15.5 Å². The number of hydrogen-bond acceptors (Lipinski definition) is 5. The van der Waals surface area contributed by atoms with Crippen molar-refractivity contribution in [1.29, 1.82) is 0 Å². The van der Waals surface area contributed by atoms with Gasteiger partial charge in [-0.3, -0.25) is 4.90 Å². The Morgan fingerprint density at radius 3 is 2.16 bits per heavy atom. The van der Waals surface area contributed by atoms with Crippen molar-refractivity contribution in [2.45, 2.75) is 95.1 Å². The first kappa shape index (κ1) is 37.1. The molecular weight excluding hydrogens is 695 g/mol. The lowest BCUT2D eigenvalue weighted by Gasteiger charge is -2.56. The zero-order valence-electron chi connectivity index (χ0n) is 32.7. The number of urea groups is 1. The molecule has 56 heavy (non-hydrogen) atoms. The maximum absolute atomic E-state index is 13.3. The van der Waals surface area contributed by atoms with E-state index in [1.165, 1.54) is 35.6 Å². The molecule has 10 rings (SSSR count). The number of benzene rings is 5. The molecule has 4 bridgehead atoms. The standard InChI is InChI=1S/C49H55N3O4/c1-32(41-20-15-37-7-3-4-8-42(37)24-41)52(2)30-44-25-46(39-13-11-33(31-53)12-14-39)56-47(55-44)40-18-16-38(17-19-40)45-10-6-5-9-43(45)29-50-48(54)51-49-26-34-21-35(27-49)23-36(22-34)28-49/h3-20,24,32,34-36,44,46-47,53H,21-23,25-31H2,1-2H3,(H2,50,51,54). The zero-order valence-corrected chi connectivity index (χ0v) is 32.7. The van der Waals surface area contributed by atoms with Gasteiger partial charge in [0.1, 0.15) is 0 Å². The topological polar surface area (TPSA) is 83.1 Å². The molecular formula is C49H55N3O4. The molecule has 290 valence electrons. The second kappa shape index (κ2) is 15.8. The van der Waals surface area contributed by atoms with E-state index in [-0.39, 0.29) is 36.4 Å². The Kier molecular flexibility index (Phi) is 10.4. The first-order valence-electron chi connectivity index (χ1n) is 20.7. The minimum Gasteiger partial charge on any atom is -0.392 e. The van der Waals surface area contributed by atoms with Crippen LogP contribution in [0.5, 0.6) is 0 Å². The predicted octanol–water partition coefficient (Wildman–Crippen LogP) is 10.0. The summed E-state index contributed by atoms with van der Waals surface area (Å²) in [6.07, 6.45) is 7.45. The molecule has 1 heterocycles. The van der Waals surface area contributed by atoms with Crippen LogP contribution in [0.1, 0.15) is 98.1 Å². The lowest BCUT2D eigenvalue weighted by molar-refractivity contribution is -0.253. The zero-order chi connectivity index (χ0) is 38.2. The van der Waals surface area contributed by atoms with E-state index >= 15 is 0 Å². The molecule has 0 radical (unpaired) electrons. The van der Waals surface area contributed by atoms with E-state index in [0.29, 0.717) is 6.54 Å². The van der Waals surface area contributed by atoms with Crippen molar-refractivity contribution in [3.8, 4) is 11.1 Å². The summed E-state index contributed by atoms with van der Waals surface area (Å²) < 4.78 is 13.5. The molecule has 7 heteroatoms. The molecule has 3 N–H and O–H groups in total. The van der Waals surface area contributed by atoms with Crippen LogP contribution in [0.15, 0.2) is 115 Å². The first-order valence-corrected chi connectivity index (χ1v) is 20.7. The summed E-state index contributed by atoms with van der Waals surface area (Å²) in [5, 5.41) is 18.8. The van der Waals surface area contributed by atoms with E-state index in [2.05, 4.69) is 127 Å². The second-order valence-electron chi connectivity index (χ2n) is 17.4. The molecule has 7 nitrogen and oxygen atoms in total. The van der Waals surface area contributed by atoms with Crippen LogP contribution in [0.3, 0.4) is 0 Å². The van der Waals surface area contributed by atoms with Crippen LogP contribution < -0.4 is 10.6 Å². The Morgan fingerprint density at radius 1 is 0.786 bits per heavy atom. The van der Waals surface area contributed by atoms with E-state index in [1.807, 2.05) is 18.2 Å². The smallest absolute Gasteiger partial charge is 0.315 e. The summed E-state index contributed by atoms with van der Waals surface area (Å²) in [6, 6.07) is 40.3. The second-order valence-corrected chi connectivity index (χ2v) is 17.4. The largest absolute Gasteiger partial charge is 0.392 e. The first-order chi connectivity index (χ1) is 27.3. The van der Waals surface area contributed by atoms with Gasteiger partial charge in [-0.15, -0.1) is 0 Å². The highest BCUT2D eigenvalue weighted by Gasteiger charge is 2.51. The Hall–Kier alpha value is -4.53. The Morgan fingerprint density at radius 2 is 1.45 bits per heavy atom. The van der Waals surface area contributed by atoms with Crippen LogP contribution in [-0.2, 0) is 22.6 Å². The summed E-state index contributed by atoms with van der Waals surface area (Å²) >= 11 is 0. The number of likely N-dealkylation sites (N-methyl/N-ethyl adjacent to an activating group) is 1. The highest BCUT2D eigenvalue weighted by atomic mass is 16.7. The monoisotopic (exact) mass is 749 g/mol. The van der Waals surface area contributed by atoms with Crippen molar-refractivity contribution in [2.75, 3.05) is 13.6 Å². The number of carbonyl (C=O) groups is 1. The van der Waals surface area contributed by atoms with Gasteiger partial charge >= 0.3 is 6.03 Å². The Bertz CT molecular complexity index is 2110. The number of ether oxygens (including phenoxy) is 2. The van der Waals surface area contributed by atoms with Crippen LogP contribution in [-0.4, -0.2) is 41.3 Å². The third-order valence-corrected chi connectivity index (χ3v) is 13.4. The van der Waals surface area contributed by atoms with Crippen molar-refractivity contribution < 1.29 is 19.4 Å². The van der Waals surface area contributed by atoms with Crippen LogP contribution in [0.4, 0.5) is 4.79 Å². The van der Waals surface area contributed by atoms with Gasteiger partial charge in [-0.05, 0) is 120 Å². The molecule has 0 spiro atoms. The third-order valence-electron chi connectivity index (χ3n) is 13.4. The van der Waals surface area contributed by atoms with Gasteiger partial charge in [0, 0.05) is 36.7 Å². The molecule has 2 amide bonds. The predicted molar refractivity (Wildman–Crippen MR) is 222 cm³/mol. The van der Waals surface area contributed by atoms with E-state index < -0.39 is 6.29 Å². The van der Waals surface area contributed by atoms with E-state index in [0.717, 1.165) is 83.4 Å². The summed E-state index contributed by atoms with van der Waals surface area (Å²) in [6.45, 7) is 3.48. The molecule has 4 saturated carbocycles. The number of hydrogen-bond donors (Lipinski definition) is 3. The average molecular weight is 750 g/mol. The maximum Gasteiger partial charge on any atom is 0.315 e. The van der Waals surface area contributed by atoms with E-state index in [1.54, 1.807) is 0 Å². The SMILES string of the molecule is CC(c1ccc2ccccc2c1)N(C)CC1CC(c2ccc(CO)cc2)OC(c2ccc(-c3ccccc3CNC(=O)NC34CC5CC(CC(C5)C3)C4)cc2)O1. The minimum absolute atomic E-state index is 0.0107. The summed E-state index contributed by atoms with van der Waals surface area (Å²) in [7, 11) is 2.17. The third kappa shape index (κ3) is 7.88. The molecule has 1 aliphatic heterocycles. The molecule has 5 aromatic carbocycles. The molecule has 4 atom stereocenters. The number of amides is 2. The van der Waals surface area contributed by atoms with Crippen molar-refractivity contribution in [2.24, 2.45) is 17.8 Å². The summed E-state index contributed by atoms with van der Waals surface area (Å²) in [5.74, 6) is 2.36. The Balaban J connectivity index is 0.891. The van der Waals surface area contributed by atoms with E-state index in [9.17, 15) is 9.90 Å². The highest BCUT2D eigenvalue weighted by molar-refractivity contribution is 5.83. The Labute approximate surface area is 331 Å². The molecule has 5 aliphatic rings. The van der Waals surface area contributed by atoms with Gasteiger partial charge in [-0.25, -0.2) is 4.79 Å². The van der Waals surface area contributed by atoms with Crippen molar-refractivity contribution in [3.63, 3.8) is 0 Å². The van der Waals surface area contributed by atoms with Crippen molar-refractivity contribution in [3.05, 3.63) is 143 Å². The fourth-order valence-electron chi connectivity index (χ4n) is 10.7. The van der Waals surface area contributed by atoms with Gasteiger partial charge in [-0.2, -0.15) is 0 Å². The number of aliphatic hydroxyl groups excluding tert-OH is 1. The van der Waals surface area contributed by atoms with Gasteiger partial charge in [-0.1, -0.05) is 109 Å². The number of nitrogens with one attached hydrogen (secondary N) is 2. The summed E-state index contributed by atoms with van der Waals surface area (Å²) in [5.41, 5.74) is 7.46. The normalized spacial score (nSPS) is 27.4. The minimum atomic E-state index is -0.542. The van der Waals surface area contributed by atoms with Crippen LogP contribution in [0.25, 0.3) is 21.9 Å². The maximum atomic E-state index is 13.3. The van der Waals surface area contributed by atoms with Gasteiger partial charge in [0.2, 0.25) is 0 Å². The number of aliphatic hydroxyl groups is 1. The lowest BCUT2D eigenvalue weighted by Crippen LogP contribution is -2.61. The molecule has 5 aromatic rings. The van der Waals surface area contributed by atoms with Crippen LogP contribution in [0, 0.1) is 17.8 Å². The number of carbonyl (C=O) groups excluding carboxylic acids is 1. The molecule has 4 aliphatic carbocycles. The molecule has 1 saturated heterocycles.